The summed E-state index contributed by atoms with van der Waals surface area (Å²) in [4.78, 5) is 14.4. The van der Waals surface area contributed by atoms with Crippen molar-refractivity contribution in [2.75, 3.05) is 26.3 Å². The van der Waals surface area contributed by atoms with E-state index in [2.05, 4.69) is 17.0 Å². The number of hydrogen-bond donors (Lipinski definition) is 0. The number of esters is 1. The topological polar surface area (TPSA) is 62.6 Å². The van der Waals surface area contributed by atoms with Crippen molar-refractivity contribution in [1.82, 2.24) is 4.90 Å². The molecule has 0 amide bonds. The highest BCUT2D eigenvalue weighted by atomic mass is 16.6. The van der Waals surface area contributed by atoms with E-state index in [1.165, 1.54) is 5.56 Å². The molecule has 1 fully saturated rings. The van der Waals surface area contributed by atoms with Crippen molar-refractivity contribution in [2.45, 2.75) is 12.6 Å². The maximum Gasteiger partial charge on any atom is 0.338 e. The molecule has 0 spiro atoms. The van der Waals surface area contributed by atoms with E-state index in [-0.39, 0.29) is 12.7 Å². The molecule has 1 aliphatic heterocycles. The van der Waals surface area contributed by atoms with E-state index >= 15 is 0 Å². The molecule has 2 aromatic rings. The van der Waals surface area contributed by atoms with Crippen molar-refractivity contribution in [1.29, 1.82) is 5.26 Å². The molecule has 25 heavy (non-hydrogen) atoms. The third-order valence-electron chi connectivity index (χ3n) is 4.12. The van der Waals surface area contributed by atoms with E-state index in [1.807, 2.05) is 24.3 Å². The van der Waals surface area contributed by atoms with Crippen LogP contribution in [0, 0.1) is 11.3 Å². The van der Waals surface area contributed by atoms with Crippen molar-refractivity contribution in [2.24, 2.45) is 0 Å². The Bertz CT molecular complexity index is 738. The van der Waals surface area contributed by atoms with Gasteiger partial charge in [0, 0.05) is 19.6 Å². The van der Waals surface area contributed by atoms with Gasteiger partial charge in [-0.15, -0.1) is 0 Å². The van der Waals surface area contributed by atoms with Crippen LogP contribution < -0.4 is 0 Å². The Morgan fingerprint density at radius 1 is 1.20 bits per heavy atom. The predicted molar refractivity (Wildman–Crippen MR) is 92.9 cm³/mol. The van der Waals surface area contributed by atoms with E-state index in [9.17, 15) is 4.79 Å². The van der Waals surface area contributed by atoms with Gasteiger partial charge in [-0.2, -0.15) is 5.26 Å². The molecule has 0 aromatic heterocycles. The molecule has 1 atom stereocenters. The van der Waals surface area contributed by atoms with Crippen molar-refractivity contribution >= 4 is 5.97 Å². The van der Waals surface area contributed by atoms with Crippen molar-refractivity contribution in [3.8, 4) is 6.07 Å². The van der Waals surface area contributed by atoms with Crippen molar-refractivity contribution in [3.63, 3.8) is 0 Å². The first-order valence-electron chi connectivity index (χ1n) is 8.30. The molecule has 1 saturated heterocycles. The predicted octanol–water partition coefficient (Wildman–Crippen LogP) is 2.62. The number of benzene rings is 2. The van der Waals surface area contributed by atoms with Gasteiger partial charge < -0.3 is 9.47 Å². The molecule has 128 valence electrons. The second kappa shape index (κ2) is 8.43. The summed E-state index contributed by atoms with van der Waals surface area (Å²) in [6.45, 7) is 3.32. The second-order valence-corrected chi connectivity index (χ2v) is 6.00. The number of rotatable bonds is 5. The summed E-state index contributed by atoms with van der Waals surface area (Å²) in [5.41, 5.74) is 2.22. The van der Waals surface area contributed by atoms with Crippen LogP contribution >= 0.6 is 0 Å². The van der Waals surface area contributed by atoms with Gasteiger partial charge in [0.1, 0.15) is 12.7 Å². The Labute approximate surface area is 147 Å². The molecule has 1 unspecified atom stereocenters. The van der Waals surface area contributed by atoms with Gasteiger partial charge >= 0.3 is 5.97 Å². The minimum absolute atomic E-state index is 0.125. The van der Waals surface area contributed by atoms with Crippen LogP contribution in [0.5, 0.6) is 0 Å². The van der Waals surface area contributed by atoms with Gasteiger partial charge in [0.05, 0.1) is 23.8 Å². The Balaban J connectivity index is 1.49. The average molecular weight is 336 g/mol. The van der Waals surface area contributed by atoms with E-state index in [4.69, 9.17) is 14.7 Å². The lowest BCUT2D eigenvalue weighted by atomic mass is 10.1. The molecule has 0 N–H and O–H groups in total. The minimum Gasteiger partial charge on any atom is -0.459 e. The first-order chi connectivity index (χ1) is 12.2. The molecule has 1 heterocycles. The zero-order valence-corrected chi connectivity index (χ0v) is 13.9. The second-order valence-electron chi connectivity index (χ2n) is 6.00. The van der Waals surface area contributed by atoms with Crippen LogP contribution in [-0.4, -0.2) is 43.3 Å². The lowest BCUT2D eigenvalue weighted by Crippen LogP contribution is -2.44. The van der Waals surface area contributed by atoms with Gasteiger partial charge in [0.2, 0.25) is 0 Å². The summed E-state index contributed by atoms with van der Waals surface area (Å²) >= 11 is 0. The molecule has 2 aromatic carbocycles. The number of hydrogen-bond acceptors (Lipinski definition) is 5. The summed E-state index contributed by atoms with van der Waals surface area (Å²) in [6, 6.07) is 18.7. The molecule has 0 saturated carbocycles. The molecular formula is C20H20N2O3. The molecule has 0 bridgehead atoms. The average Bonchev–Trinajstić information content (AvgIpc) is 2.67. The summed E-state index contributed by atoms with van der Waals surface area (Å²) in [5, 5.41) is 8.78. The third kappa shape index (κ3) is 4.90. The molecule has 0 radical (unpaired) electrons. The third-order valence-corrected chi connectivity index (χ3v) is 4.12. The lowest BCUT2D eigenvalue weighted by molar-refractivity contribution is -0.0612. The van der Waals surface area contributed by atoms with Crippen LogP contribution in [0.4, 0.5) is 0 Å². The van der Waals surface area contributed by atoms with Gasteiger partial charge in [0.15, 0.2) is 0 Å². The van der Waals surface area contributed by atoms with Crippen molar-refractivity contribution < 1.29 is 14.3 Å². The fourth-order valence-corrected chi connectivity index (χ4v) is 2.80. The SMILES string of the molecule is N#Cc1ccc(C(=O)OCC2CN(Cc3ccccc3)CCO2)cc1. The number of nitriles is 1. The van der Waals surface area contributed by atoms with Crippen molar-refractivity contribution in [3.05, 3.63) is 71.3 Å². The van der Waals surface area contributed by atoms with Crippen LogP contribution in [-0.2, 0) is 16.0 Å². The van der Waals surface area contributed by atoms with E-state index in [1.54, 1.807) is 24.3 Å². The van der Waals surface area contributed by atoms with Gasteiger partial charge in [0.25, 0.3) is 0 Å². The Morgan fingerprint density at radius 2 is 1.96 bits per heavy atom. The van der Waals surface area contributed by atoms with Crippen LogP contribution in [0.3, 0.4) is 0 Å². The maximum atomic E-state index is 12.1. The number of ether oxygens (including phenoxy) is 2. The fourth-order valence-electron chi connectivity index (χ4n) is 2.80. The zero-order chi connectivity index (χ0) is 17.5. The number of nitrogens with zero attached hydrogens (tertiary/aromatic N) is 2. The van der Waals surface area contributed by atoms with Gasteiger partial charge in [-0.1, -0.05) is 30.3 Å². The minimum atomic E-state index is -0.395. The van der Waals surface area contributed by atoms with E-state index in [0.29, 0.717) is 17.7 Å². The van der Waals surface area contributed by atoms with Gasteiger partial charge in [-0.05, 0) is 29.8 Å². The molecule has 5 nitrogen and oxygen atoms in total. The highest BCUT2D eigenvalue weighted by molar-refractivity contribution is 5.89. The van der Waals surface area contributed by atoms with E-state index < -0.39 is 5.97 Å². The summed E-state index contributed by atoms with van der Waals surface area (Å²) in [5.74, 6) is -0.395. The Hall–Kier alpha value is -2.68. The van der Waals surface area contributed by atoms with E-state index in [0.717, 1.165) is 19.6 Å². The zero-order valence-electron chi connectivity index (χ0n) is 13.9. The quantitative estimate of drug-likeness (QED) is 0.786. The molecule has 1 aliphatic rings. The van der Waals surface area contributed by atoms with Crippen LogP contribution in [0.25, 0.3) is 0 Å². The summed E-state index contributed by atoms with van der Waals surface area (Å²) in [6.07, 6.45) is -0.125. The van der Waals surface area contributed by atoms with Crippen LogP contribution in [0.1, 0.15) is 21.5 Å². The number of carbonyl (C=O) groups is 1. The normalized spacial score (nSPS) is 17.6. The standard InChI is InChI=1S/C20H20N2O3/c21-12-16-6-8-18(9-7-16)20(23)25-15-19-14-22(10-11-24-19)13-17-4-2-1-3-5-17/h1-9,19H,10-11,13-15H2. The monoisotopic (exact) mass is 336 g/mol. The van der Waals surface area contributed by atoms with Crippen LogP contribution in [0.2, 0.25) is 0 Å². The fraction of sp³-hybridized carbons (Fsp3) is 0.300. The smallest absolute Gasteiger partial charge is 0.338 e. The lowest BCUT2D eigenvalue weighted by Gasteiger charge is -2.32. The first-order valence-corrected chi connectivity index (χ1v) is 8.30. The number of morpholine rings is 1. The maximum absolute atomic E-state index is 12.1. The largest absolute Gasteiger partial charge is 0.459 e. The highest BCUT2D eigenvalue weighted by Crippen LogP contribution is 2.12. The van der Waals surface area contributed by atoms with Gasteiger partial charge in [-0.3, -0.25) is 4.90 Å². The molecule has 0 aliphatic carbocycles. The number of carbonyl (C=O) groups excluding carboxylic acids is 1. The van der Waals surface area contributed by atoms with Crippen LogP contribution in [0.15, 0.2) is 54.6 Å². The Kier molecular flexibility index (Phi) is 5.78. The summed E-state index contributed by atoms with van der Waals surface area (Å²) < 4.78 is 11.1. The molecular weight excluding hydrogens is 316 g/mol. The first kappa shape index (κ1) is 17.2. The highest BCUT2D eigenvalue weighted by Gasteiger charge is 2.22. The Morgan fingerprint density at radius 3 is 2.68 bits per heavy atom. The van der Waals surface area contributed by atoms with Gasteiger partial charge in [-0.25, -0.2) is 4.79 Å². The molecule has 5 heteroatoms. The molecule has 3 rings (SSSR count). The summed E-state index contributed by atoms with van der Waals surface area (Å²) in [7, 11) is 0.